The van der Waals surface area contributed by atoms with Crippen LogP contribution in [0.4, 0.5) is 4.39 Å². The van der Waals surface area contributed by atoms with Crippen LogP contribution in [0, 0.1) is 11.2 Å². The quantitative estimate of drug-likeness (QED) is 0.590. The molecular formula is C18H32BFO. The molecule has 1 fully saturated rings. The summed E-state index contributed by atoms with van der Waals surface area (Å²) >= 11 is 0. The van der Waals surface area contributed by atoms with Crippen molar-refractivity contribution in [3.63, 3.8) is 0 Å². The summed E-state index contributed by atoms with van der Waals surface area (Å²) in [5.41, 5.74) is 1.19. The van der Waals surface area contributed by atoms with E-state index < -0.39 is 0 Å². The van der Waals surface area contributed by atoms with E-state index in [2.05, 4.69) is 34.5 Å². The molecule has 0 bridgehead atoms. The van der Waals surface area contributed by atoms with Crippen LogP contribution in [0.2, 0.25) is 13.1 Å². The van der Waals surface area contributed by atoms with Gasteiger partial charge in [0.1, 0.15) is 5.82 Å². The van der Waals surface area contributed by atoms with Crippen LogP contribution in [0.25, 0.3) is 0 Å². The minimum atomic E-state index is -0.0972. The fraction of sp³-hybridized carbons (Fsp3) is 0.667. The summed E-state index contributed by atoms with van der Waals surface area (Å²) < 4.78 is 18.4. The van der Waals surface area contributed by atoms with Crippen LogP contribution in [0.3, 0.4) is 0 Å². The number of rotatable bonds is 1. The van der Waals surface area contributed by atoms with Gasteiger partial charge in [0.25, 0.3) is 6.92 Å². The summed E-state index contributed by atoms with van der Waals surface area (Å²) in [6.45, 7) is 17.4. The van der Waals surface area contributed by atoms with Crippen LogP contribution >= 0.6 is 0 Å². The lowest BCUT2D eigenvalue weighted by molar-refractivity contribution is 0.0368. The van der Waals surface area contributed by atoms with E-state index in [1.807, 2.05) is 26.8 Å². The van der Waals surface area contributed by atoms with E-state index in [1.54, 1.807) is 12.1 Å². The summed E-state index contributed by atoms with van der Waals surface area (Å²) in [5.74, 6) is -0.0972. The lowest BCUT2D eigenvalue weighted by Gasteiger charge is -2.34. The van der Waals surface area contributed by atoms with Crippen LogP contribution in [0.15, 0.2) is 24.3 Å². The van der Waals surface area contributed by atoms with Crippen LogP contribution in [-0.4, -0.2) is 12.5 Å². The largest absolute Gasteiger partial charge is 0.431 e. The maximum Gasteiger partial charge on any atom is 0.291 e. The van der Waals surface area contributed by atoms with Crippen molar-refractivity contribution >= 4 is 6.92 Å². The zero-order valence-corrected chi connectivity index (χ0v) is 15.1. The third-order valence-electron chi connectivity index (χ3n) is 4.26. The first-order valence-corrected chi connectivity index (χ1v) is 8.11. The highest BCUT2D eigenvalue weighted by Crippen LogP contribution is 2.44. The highest BCUT2D eigenvalue weighted by Gasteiger charge is 2.47. The highest BCUT2D eigenvalue weighted by atomic mass is 19.1. The van der Waals surface area contributed by atoms with Gasteiger partial charge in [0.15, 0.2) is 0 Å². The van der Waals surface area contributed by atoms with Crippen molar-refractivity contribution in [1.82, 2.24) is 0 Å². The molecule has 0 N–H and O–H groups in total. The standard InChI is InChI=1S/C8H17BO.C8H9F.C2H6/c1-7(2)6-9(5)10-8(7,3)4;1-2-7-5-3-4-6-8(7)9;1-2/h6H2,1-5H3;3-6H,2H2,1H3;1-2H3. The number of hydrogen-bond donors (Lipinski definition) is 0. The van der Waals surface area contributed by atoms with Gasteiger partial charge in [0, 0.05) is 0 Å². The first-order valence-electron chi connectivity index (χ1n) is 8.11. The second kappa shape index (κ2) is 8.58. The minimum absolute atomic E-state index is 0.0619. The molecule has 0 aromatic heterocycles. The monoisotopic (exact) mass is 294 g/mol. The Morgan fingerprint density at radius 3 is 1.90 bits per heavy atom. The van der Waals surface area contributed by atoms with Crippen molar-refractivity contribution in [3.8, 4) is 0 Å². The first kappa shape index (κ1) is 20.2. The molecule has 0 saturated carbocycles. The molecule has 1 saturated heterocycles. The molecule has 0 amide bonds. The molecule has 1 aromatic carbocycles. The Bertz CT molecular complexity index is 399. The lowest BCUT2D eigenvalue weighted by atomic mass is 9.60. The fourth-order valence-corrected chi connectivity index (χ4v) is 2.45. The average molecular weight is 294 g/mol. The predicted octanol–water partition coefficient (Wildman–Crippen LogP) is 5.86. The summed E-state index contributed by atoms with van der Waals surface area (Å²) in [6.07, 6.45) is 1.95. The van der Waals surface area contributed by atoms with Crippen molar-refractivity contribution in [3.05, 3.63) is 35.6 Å². The van der Waals surface area contributed by atoms with E-state index in [0.717, 1.165) is 12.0 Å². The molecule has 2 rings (SSSR count). The number of halogens is 1. The van der Waals surface area contributed by atoms with E-state index in [-0.39, 0.29) is 11.4 Å². The molecule has 1 aromatic rings. The summed E-state index contributed by atoms with van der Waals surface area (Å²) in [4.78, 5) is 0. The predicted molar refractivity (Wildman–Crippen MR) is 92.5 cm³/mol. The highest BCUT2D eigenvalue weighted by molar-refractivity contribution is 6.51. The molecule has 0 unspecified atom stereocenters. The Labute approximate surface area is 131 Å². The number of aryl methyl sites for hydroxylation is 1. The molecule has 1 aliphatic rings. The van der Waals surface area contributed by atoms with Gasteiger partial charge in [0.2, 0.25) is 0 Å². The van der Waals surface area contributed by atoms with Crippen LogP contribution in [0.5, 0.6) is 0 Å². The molecule has 0 atom stereocenters. The Morgan fingerprint density at radius 1 is 1.14 bits per heavy atom. The molecular weight excluding hydrogens is 262 g/mol. The second-order valence-electron chi connectivity index (χ2n) is 6.47. The van der Waals surface area contributed by atoms with E-state index >= 15 is 0 Å². The van der Waals surface area contributed by atoms with Crippen LogP contribution in [-0.2, 0) is 11.1 Å². The zero-order chi connectivity index (χ0) is 16.7. The third-order valence-corrected chi connectivity index (χ3v) is 4.26. The summed E-state index contributed by atoms with van der Waals surface area (Å²) in [5, 5.41) is 0. The normalized spacial score (nSPS) is 18.2. The van der Waals surface area contributed by atoms with Crippen LogP contribution < -0.4 is 0 Å². The molecule has 21 heavy (non-hydrogen) atoms. The maximum absolute atomic E-state index is 12.6. The Morgan fingerprint density at radius 2 is 1.67 bits per heavy atom. The van der Waals surface area contributed by atoms with Crippen molar-refractivity contribution in [2.24, 2.45) is 5.41 Å². The lowest BCUT2D eigenvalue weighted by Crippen LogP contribution is -2.34. The Kier molecular flexibility index (Phi) is 8.24. The smallest absolute Gasteiger partial charge is 0.291 e. The minimum Gasteiger partial charge on any atom is -0.431 e. The van der Waals surface area contributed by atoms with Gasteiger partial charge < -0.3 is 4.65 Å². The maximum atomic E-state index is 12.6. The van der Waals surface area contributed by atoms with Gasteiger partial charge in [-0.2, -0.15) is 0 Å². The summed E-state index contributed by atoms with van der Waals surface area (Å²) in [6, 6.07) is 6.84. The van der Waals surface area contributed by atoms with Gasteiger partial charge in [-0.05, 0) is 43.6 Å². The third kappa shape index (κ3) is 5.82. The van der Waals surface area contributed by atoms with E-state index in [9.17, 15) is 4.39 Å². The van der Waals surface area contributed by atoms with Crippen molar-refractivity contribution in [1.29, 1.82) is 0 Å². The molecule has 120 valence electrons. The molecule has 1 aliphatic heterocycles. The molecule has 0 aliphatic carbocycles. The SMILES string of the molecule is CB1CC(C)(C)C(C)(C)O1.CC.CCc1ccccc1F. The average Bonchev–Trinajstić information content (AvgIpc) is 2.59. The van der Waals surface area contributed by atoms with Crippen LogP contribution in [0.1, 0.15) is 54.0 Å². The fourth-order valence-electron chi connectivity index (χ4n) is 2.45. The van der Waals surface area contributed by atoms with Gasteiger partial charge in [0.05, 0.1) is 5.60 Å². The molecule has 1 nitrogen and oxygen atoms in total. The van der Waals surface area contributed by atoms with E-state index in [1.165, 1.54) is 12.4 Å². The van der Waals surface area contributed by atoms with Crippen molar-refractivity contribution in [2.75, 3.05) is 0 Å². The Balaban J connectivity index is 0.000000342. The Hall–Kier alpha value is -0.825. The van der Waals surface area contributed by atoms with E-state index in [4.69, 9.17) is 4.65 Å². The summed E-state index contributed by atoms with van der Waals surface area (Å²) in [7, 11) is 0. The molecule has 0 radical (unpaired) electrons. The van der Waals surface area contributed by atoms with E-state index in [0.29, 0.717) is 12.3 Å². The first-order chi connectivity index (χ1) is 9.69. The number of benzene rings is 1. The molecule has 3 heteroatoms. The van der Waals surface area contributed by atoms with Gasteiger partial charge >= 0.3 is 0 Å². The van der Waals surface area contributed by atoms with Crippen molar-refractivity contribution in [2.45, 2.75) is 73.6 Å². The zero-order valence-electron chi connectivity index (χ0n) is 15.1. The van der Waals surface area contributed by atoms with Gasteiger partial charge in [-0.1, -0.05) is 59.6 Å². The van der Waals surface area contributed by atoms with Gasteiger partial charge in [-0.15, -0.1) is 0 Å². The molecule has 0 spiro atoms. The van der Waals surface area contributed by atoms with Gasteiger partial charge in [-0.3, -0.25) is 0 Å². The van der Waals surface area contributed by atoms with Gasteiger partial charge in [-0.25, -0.2) is 4.39 Å². The molecule has 1 heterocycles. The topological polar surface area (TPSA) is 9.23 Å². The second-order valence-corrected chi connectivity index (χ2v) is 6.47. The van der Waals surface area contributed by atoms with Crippen molar-refractivity contribution < 1.29 is 9.04 Å². The number of hydrogen-bond acceptors (Lipinski definition) is 1.